The summed E-state index contributed by atoms with van der Waals surface area (Å²) in [6.45, 7) is 0. The first-order valence-electron chi connectivity index (χ1n) is 24.2. The highest BCUT2D eigenvalue weighted by molar-refractivity contribution is 7.99. The van der Waals surface area contributed by atoms with Gasteiger partial charge in [0.25, 0.3) is 0 Å². The van der Waals surface area contributed by atoms with Gasteiger partial charge in [0.15, 0.2) is 0 Å². The molecular weight excluding hydrogens is 915 g/mol. The van der Waals surface area contributed by atoms with E-state index in [2.05, 4.69) is 254 Å². The molecule has 13 aromatic rings. The van der Waals surface area contributed by atoms with E-state index in [9.17, 15) is 0 Å². The summed E-state index contributed by atoms with van der Waals surface area (Å²) in [5.74, 6) is 0. The average Bonchev–Trinajstić information content (AvgIpc) is 4.10. The Balaban J connectivity index is 0.971. The second-order valence-electron chi connectivity index (χ2n) is 18.7. The van der Waals surface area contributed by atoms with Gasteiger partial charge in [-0.3, -0.25) is 0 Å². The number of benzene rings is 11. The van der Waals surface area contributed by atoms with Gasteiger partial charge in [-0.1, -0.05) is 188 Å². The van der Waals surface area contributed by atoms with Crippen LogP contribution in [0, 0.1) is 0 Å². The third-order valence-electron chi connectivity index (χ3n) is 14.9. The van der Waals surface area contributed by atoms with E-state index in [1.54, 1.807) is 0 Å². The number of thiophene rings is 2. The smallest absolute Gasteiger partial charge is 0.0735 e. The van der Waals surface area contributed by atoms with Crippen LogP contribution in [-0.4, -0.2) is 0 Å². The zero-order chi connectivity index (χ0) is 46.6. The van der Waals surface area contributed by atoms with Gasteiger partial charge in [-0.05, 0) is 140 Å². The van der Waals surface area contributed by atoms with Crippen molar-refractivity contribution in [2.45, 2.75) is 15.2 Å². The van der Waals surface area contributed by atoms with Crippen molar-refractivity contribution in [1.82, 2.24) is 0 Å². The average molecular weight is 956 g/mol. The molecule has 3 heterocycles. The van der Waals surface area contributed by atoms with Crippen LogP contribution in [0.1, 0.15) is 22.3 Å². The third kappa shape index (κ3) is 6.19. The van der Waals surface area contributed by atoms with E-state index in [1.807, 2.05) is 34.4 Å². The van der Waals surface area contributed by atoms with Crippen LogP contribution in [0.25, 0.3) is 84.9 Å². The molecule has 2 aromatic heterocycles. The Morgan fingerprint density at radius 3 is 1.63 bits per heavy atom. The van der Waals surface area contributed by atoms with Crippen LogP contribution in [0.3, 0.4) is 0 Å². The Labute approximate surface area is 424 Å². The summed E-state index contributed by atoms with van der Waals surface area (Å²) in [6.07, 6.45) is 0. The second kappa shape index (κ2) is 16.0. The first kappa shape index (κ1) is 40.9. The van der Waals surface area contributed by atoms with Crippen LogP contribution in [0.5, 0.6) is 0 Å². The molecule has 15 rings (SSSR count). The summed E-state index contributed by atoms with van der Waals surface area (Å²) in [6, 6.07) is 93.1. The first-order valence-corrected chi connectivity index (χ1v) is 26.7. The number of hydrogen-bond acceptors (Lipinski definition) is 4. The molecule has 71 heavy (non-hydrogen) atoms. The summed E-state index contributed by atoms with van der Waals surface area (Å²) < 4.78 is 5.15. The minimum atomic E-state index is -0.510. The van der Waals surface area contributed by atoms with E-state index < -0.39 is 5.41 Å². The lowest BCUT2D eigenvalue weighted by Gasteiger charge is -2.40. The van der Waals surface area contributed by atoms with Crippen LogP contribution in [-0.2, 0) is 5.41 Å². The van der Waals surface area contributed by atoms with Gasteiger partial charge in [0.05, 0.1) is 11.1 Å². The second-order valence-corrected chi connectivity index (χ2v) is 21.9. The Hall–Kier alpha value is -7.99. The molecule has 1 aliphatic heterocycles. The molecule has 4 heteroatoms. The van der Waals surface area contributed by atoms with E-state index in [0.717, 1.165) is 11.4 Å². The maximum atomic E-state index is 2.54. The van der Waals surface area contributed by atoms with E-state index in [4.69, 9.17) is 0 Å². The molecule has 1 aliphatic carbocycles. The Morgan fingerprint density at radius 1 is 0.296 bits per heavy atom. The number of nitrogens with zero attached hydrogens (tertiary/aromatic N) is 1. The molecule has 0 amide bonds. The molecule has 0 atom stereocenters. The number of rotatable bonds is 6. The van der Waals surface area contributed by atoms with Crippen molar-refractivity contribution in [3.05, 3.63) is 271 Å². The Kier molecular flexibility index (Phi) is 9.22. The summed E-state index contributed by atoms with van der Waals surface area (Å²) in [5.41, 5.74) is 18.3. The highest BCUT2D eigenvalue weighted by Crippen LogP contribution is 2.63. The quantitative estimate of drug-likeness (QED) is 0.163. The molecule has 2 aliphatic rings. The van der Waals surface area contributed by atoms with Crippen molar-refractivity contribution in [3.8, 4) is 44.5 Å². The lowest BCUT2D eigenvalue weighted by molar-refractivity contribution is 0.723. The Morgan fingerprint density at radius 2 is 0.859 bits per heavy atom. The highest BCUT2D eigenvalue weighted by Gasteiger charge is 2.50. The van der Waals surface area contributed by atoms with Gasteiger partial charge in [0.1, 0.15) is 0 Å². The molecule has 1 spiro atoms. The Bertz CT molecular complexity index is 4230. The van der Waals surface area contributed by atoms with Crippen molar-refractivity contribution in [1.29, 1.82) is 0 Å². The molecule has 0 N–H and O–H groups in total. The fourth-order valence-corrected chi connectivity index (χ4v) is 15.4. The van der Waals surface area contributed by atoms with Crippen LogP contribution in [0.15, 0.2) is 259 Å². The molecular formula is C67H41NS3. The molecule has 0 fully saturated rings. The largest absolute Gasteiger partial charge is 0.310 e. The van der Waals surface area contributed by atoms with Gasteiger partial charge in [-0.25, -0.2) is 0 Å². The molecule has 0 saturated carbocycles. The summed E-state index contributed by atoms with van der Waals surface area (Å²) in [7, 11) is 0. The summed E-state index contributed by atoms with van der Waals surface area (Å²) >= 11 is 5.66. The predicted octanol–water partition coefficient (Wildman–Crippen LogP) is 19.7. The lowest BCUT2D eigenvalue weighted by atomic mass is 9.67. The van der Waals surface area contributed by atoms with Crippen molar-refractivity contribution >= 4 is 91.8 Å². The van der Waals surface area contributed by atoms with E-state index in [1.165, 1.54) is 123 Å². The monoisotopic (exact) mass is 955 g/mol. The number of fused-ring (bicyclic) bond motifs is 15. The zero-order valence-corrected chi connectivity index (χ0v) is 40.8. The van der Waals surface area contributed by atoms with Crippen LogP contribution >= 0.6 is 34.4 Å². The normalized spacial score (nSPS) is 13.1. The summed E-state index contributed by atoms with van der Waals surface area (Å²) in [5, 5.41) is 5.13. The molecule has 11 aromatic carbocycles. The molecule has 0 unspecified atom stereocenters. The van der Waals surface area contributed by atoms with Gasteiger partial charge in [-0.2, -0.15) is 0 Å². The van der Waals surface area contributed by atoms with Gasteiger partial charge in [0.2, 0.25) is 0 Å². The number of hydrogen-bond donors (Lipinski definition) is 0. The van der Waals surface area contributed by atoms with E-state index >= 15 is 0 Å². The molecule has 0 radical (unpaired) electrons. The maximum absolute atomic E-state index is 2.54. The van der Waals surface area contributed by atoms with Crippen LogP contribution < -0.4 is 4.90 Å². The molecule has 332 valence electrons. The van der Waals surface area contributed by atoms with Crippen molar-refractivity contribution in [2.24, 2.45) is 0 Å². The van der Waals surface area contributed by atoms with Gasteiger partial charge in [-0.15, -0.1) is 22.7 Å². The first-order chi connectivity index (χ1) is 35.2. The van der Waals surface area contributed by atoms with Gasteiger partial charge >= 0.3 is 0 Å². The fraction of sp³-hybridized carbons (Fsp3) is 0.0149. The highest BCUT2D eigenvalue weighted by atomic mass is 32.2. The minimum absolute atomic E-state index is 0.510. The predicted molar refractivity (Wildman–Crippen MR) is 305 cm³/mol. The molecule has 0 saturated heterocycles. The minimum Gasteiger partial charge on any atom is -0.310 e. The van der Waals surface area contributed by atoms with Crippen molar-refractivity contribution in [2.75, 3.05) is 4.90 Å². The van der Waals surface area contributed by atoms with Gasteiger partial charge < -0.3 is 4.90 Å². The van der Waals surface area contributed by atoms with Crippen molar-refractivity contribution < 1.29 is 0 Å². The summed E-state index contributed by atoms with van der Waals surface area (Å²) in [4.78, 5) is 5.10. The maximum Gasteiger partial charge on any atom is 0.0735 e. The standard InChI is InChI=1S/C67H41NS3/c1-3-16-42(17-4-1)44-20-13-21-46(38-44)49-25-14-30-62-65(49)53-40-47(34-37-60(53)70-62)68(58-28-15-31-63-66(58)52-24-9-12-29-59(52)69-63)48-33-35-56-64(41-48)71-61-36-32-45(43-18-5-2-6-19-43)39-57(61)67(56)54-26-10-7-22-50(54)51-23-8-11-27-55(51)67/h1-41H. The van der Waals surface area contributed by atoms with Crippen LogP contribution in [0.4, 0.5) is 17.1 Å². The van der Waals surface area contributed by atoms with Crippen LogP contribution in [0.2, 0.25) is 0 Å². The topological polar surface area (TPSA) is 3.24 Å². The zero-order valence-electron chi connectivity index (χ0n) is 38.3. The van der Waals surface area contributed by atoms with E-state index in [-0.39, 0.29) is 0 Å². The lowest BCUT2D eigenvalue weighted by Crippen LogP contribution is -2.32. The molecule has 0 bridgehead atoms. The fourth-order valence-electron chi connectivity index (χ4n) is 11.9. The van der Waals surface area contributed by atoms with Crippen molar-refractivity contribution in [3.63, 3.8) is 0 Å². The van der Waals surface area contributed by atoms with Gasteiger partial charge in [0, 0.05) is 61.5 Å². The SMILES string of the molecule is c1ccc(-c2cccc(-c3cccc4sc5ccc(N(c6ccc7c(c6)Sc6ccc(-c8ccccc8)cc6C76c7ccccc7-c7ccccc76)c6cccc7sc8ccccc8c67)cc5c34)c2)cc1. The van der Waals surface area contributed by atoms with E-state index in [0.29, 0.717) is 0 Å². The molecule has 1 nitrogen and oxygen atoms in total. The third-order valence-corrected chi connectivity index (χ3v) is 18.3. The number of anilines is 3.